The molecule has 0 atom stereocenters. The molecule has 1 aromatic carbocycles. The first-order chi connectivity index (χ1) is 10.6. The summed E-state index contributed by atoms with van der Waals surface area (Å²) in [6, 6.07) is 9.49. The van der Waals surface area contributed by atoms with Gasteiger partial charge in [-0.1, -0.05) is 0 Å². The van der Waals surface area contributed by atoms with Gasteiger partial charge in [0.1, 0.15) is 5.76 Å². The van der Waals surface area contributed by atoms with Crippen molar-refractivity contribution in [1.29, 1.82) is 0 Å². The summed E-state index contributed by atoms with van der Waals surface area (Å²) in [6.07, 6.45) is 1.22. The largest absolute Gasteiger partial charge is 0.453 e. The third kappa shape index (κ3) is 4.03. The Morgan fingerprint density at radius 3 is 2.50 bits per heavy atom. The smallest absolute Gasteiger partial charge is 0.240 e. The van der Waals surface area contributed by atoms with Crippen molar-refractivity contribution in [2.75, 3.05) is 20.3 Å². The fourth-order valence-corrected chi connectivity index (χ4v) is 2.95. The maximum absolute atomic E-state index is 12.1. The molecule has 0 aliphatic carbocycles. The minimum Gasteiger partial charge on any atom is -0.453 e. The van der Waals surface area contributed by atoms with Crippen LogP contribution in [-0.4, -0.2) is 35.0 Å². The van der Waals surface area contributed by atoms with Gasteiger partial charge in [-0.2, -0.15) is 0 Å². The Kier molecular flexibility index (Phi) is 5.48. The zero-order valence-electron chi connectivity index (χ0n) is 12.1. The van der Waals surface area contributed by atoms with Gasteiger partial charge in [-0.3, -0.25) is 4.79 Å². The molecular weight excluding hydrogens is 306 g/mol. The summed E-state index contributed by atoms with van der Waals surface area (Å²) in [7, 11) is -1.96. The van der Waals surface area contributed by atoms with E-state index in [2.05, 4.69) is 4.72 Å². The molecule has 0 amide bonds. The van der Waals surface area contributed by atoms with Crippen molar-refractivity contribution >= 4 is 16.3 Å². The second-order valence-electron chi connectivity index (χ2n) is 4.59. The Hall–Kier alpha value is -1.96. The summed E-state index contributed by atoms with van der Waals surface area (Å²) in [5, 5.41) is 0. The molecule has 0 aliphatic rings. The zero-order valence-corrected chi connectivity index (χ0v) is 12.9. The Bertz CT molecular complexity index is 719. The number of carbonyl (C=O) groups excluding carboxylic acids is 1. The fraction of sp³-hybridized carbons (Fsp3) is 0.267. The Morgan fingerprint density at radius 2 is 1.91 bits per heavy atom. The van der Waals surface area contributed by atoms with Gasteiger partial charge >= 0.3 is 0 Å². The molecule has 0 unspecified atom stereocenters. The molecule has 2 rings (SSSR count). The van der Waals surface area contributed by atoms with Crippen LogP contribution < -0.4 is 4.72 Å². The van der Waals surface area contributed by atoms with Crippen molar-refractivity contribution in [2.24, 2.45) is 0 Å². The number of rotatable bonds is 8. The number of benzene rings is 1. The molecule has 1 aromatic heterocycles. The van der Waals surface area contributed by atoms with Crippen LogP contribution >= 0.6 is 0 Å². The van der Waals surface area contributed by atoms with Crippen LogP contribution in [0.5, 0.6) is 0 Å². The third-order valence-corrected chi connectivity index (χ3v) is 4.49. The maximum atomic E-state index is 12.1. The summed E-state index contributed by atoms with van der Waals surface area (Å²) in [5.41, 5.74) is 0.700. The van der Waals surface area contributed by atoms with Crippen LogP contribution in [0.2, 0.25) is 0 Å². The van der Waals surface area contributed by atoms with E-state index in [0.29, 0.717) is 37.2 Å². The van der Waals surface area contributed by atoms with Crippen molar-refractivity contribution in [3.05, 3.63) is 42.2 Å². The summed E-state index contributed by atoms with van der Waals surface area (Å²) in [6.45, 7) is 0.817. The number of aldehydes is 1. The van der Waals surface area contributed by atoms with Crippen LogP contribution in [0.3, 0.4) is 0 Å². The molecule has 0 spiro atoms. The lowest BCUT2D eigenvalue weighted by Gasteiger charge is -2.07. The van der Waals surface area contributed by atoms with E-state index < -0.39 is 10.0 Å². The number of methoxy groups -OCH3 is 1. The van der Waals surface area contributed by atoms with Crippen molar-refractivity contribution in [3.8, 4) is 11.3 Å². The monoisotopic (exact) mass is 323 g/mol. The van der Waals surface area contributed by atoms with E-state index >= 15 is 0 Å². The zero-order chi connectivity index (χ0) is 16.0. The lowest BCUT2D eigenvalue weighted by molar-refractivity contribution is 0.110. The predicted molar refractivity (Wildman–Crippen MR) is 81.2 cm³/mol. The quantitative estimate of drug-likeness (QED) is 0.594. The molecule has 2 aromatic rings. The first-order valence-electron chi connectivity index (χ1n) is 6.71. The van der Waals surface area contributed by atoms with E-state index in [0.717, 1.165) is 0 Å². The van der Waals surface area contributed by atoms with Crippen molar-refractivity contribution < 1.29 is 22.4 Å². The van der Waals surface area contributed by atoms with E-state index in [9.17, 15) is 13.2 Å². The van der Waals surface area contributed by atoms with Gasteiger partial charge in [0.15, 0.2) is 12.0 Å². The highest BCUT2D eigenvalue weighted by atomic mass is 32.2. The standard InChI is InChI=1S/C15H17NO5S/c1-20-10-2-9-16-22(18,19)14-6-3-12(4-7-14)15-8-5-13(11-17)21-15/h3-8,11,16H,2,9-10H2,1H3. The van der Waals surface area contributed by atoms with Crippen LogP contribution in [0.25, 0.3) is 11.3 Å². The normalized spacial score (nSPS) is 11.5. The predicted octanol–water partition coefficient (Wildman–Crippen LogP) is 2.07. The minimum atomic E-state index is -3.53. The van der Waals surface area contributed by atoms with E-state index in [4.69, 9.17) is 9.15 Å². The molecule has 0 bridgehead atoms. The van der Waals surface area contributed by atoms with Gasteiger partial charge in [0.25, 0.3) is 0 Å². The average molecular weight is 323 g/mol. The van der Waals surface area contributed by atoms with Gasteiger partial charge in [-0.05, 0) is 42.8 Å². The molecular formula is C15H17NO5S. The van der Waals surface area contributed by atoms with Gasteiger partial charge in [0.05, 0.1) is 4.90 Å². The number of sulfonamides is 1. The van der Waals surface area contributed by atoms with E-state index in [1.165, 1.54) is 12.1 Å². The molecule has 118 valence electrons. The number of hydrogen-bond acceptors (Lipinski definition) is 5. The van der Waals surface area contributed by atoms with Gasteiger partial charge in [-0.15, -0.1) is 0 Å². The van der Waals surface area contributed by atoms with Crippen molar-refractivity contribution in [2.45, 2.75) is 11.3 Å². The molecule has 7 heteroatoms. The fourth-order valence-electron chi connectivity index (χ4n) is 1.88. The van der Waals surface area contributed by atoms with Crippen LogP contribution in [0.4, 0.5) is 0 Å². The summed E-state index contributed by atoms with van der Waals surface area (Å²) < 4.78 is 36.8. The molecule has 1 N–H and O–H groups in total. The van der Waals surface area contributed by atoms with Gasteiger partial charge in [-0.25, -0.2) is 13.1 Å². The highest BCUT2D eigenvalue weighted by Gasteiger charge is 2.13. The van der Waals surface area contributed by atoms with Crippen LogP contribution in [0.15, 0.2) is 45.7 Å². The maximum Gasteiger partial charge on any atom is 0.240 e. The third-order valence-electron chi connectivity index (χ3n) is 3.01. The second-order valence-corrected chi connectivity index (χ2v) is 6.36. The van der Waals surface area contributed by atoms with Crippen LogP contribution in [-0.2, 0) is 14.8 Å². The first-order valence-corrected chi connectivity index (χ1v) is 8.19. The molecule has 0 fully saturated rings. The minimum absolute atomic E-state index is 0.177. The number of nitrogens with one attached hydrogen (secondary N) is 1. The number of furan rings is 1. The Balaban J connectivity index is 2.09. The molecule has 1 heterocycles. The molecule has 6 nitrogen and oxygen atoms in total. The molecule has 0 saturated heterocycles. The van der Waals surface area contributed by atoms with E-state index in [-0.39, 0.29) is 10.7 Å². The number of ether oxygens (including phenoxy) is 1. The van der Waals surface area contributed by atoms with Crippen molar-refractivity contribution in [1.82, 2.24) is 4.72 Å². The first kappa shape index (κ1) is 16.4. The highest BCUT2D eigenvalue weighted by Crippen LogP contribution is 2.23. The molecule has 22 heavy (non-hydrogen) atoms. The Labute approximate surface area is 129 Å². The topological polar surface area (TPSA) is 85.6 Å². The van der Waals surface area contributed by atoms with Gasteiger partial charge in [0.2, 0.25) is 10.0 Å². The second kappa shape index (κ2) is 7.35. The van der Waals surface area contributed by atoms with E-state index in [1.807, 2.05) is 0 Å². The summed E-state index contributed by atoms with van der Waals surface area (Å²) in [5.74, 6) is 0.741. The average Bonchev–Trinajstić information content (AvgIpc) is 3.01. The lowest BCUT2D eigenvalue weighted by atomic mass is 10.2. The van der Waals surface area contributed by atoms with Crippen LogP contribution in [0, 0.1) is 0 Å². The van der Waals surface area contributed by atoms with Gasteiger partial charge < -0.3 is 9.15 Å². The summed E-state index contributed by atoms with van der Waals surface area (Å²) in [4.78, 5) is 10.8. The van der Waals surface area contributed by atoms with E-state index in [1.54, 1.807) is 31.4 Å². The Morgan fingerprint density at radius 1 is 1.18 bits per heavy atom. The molecule has 0 saturated carbocycles. The highest BCUT2D eigenvalue weighted by molar-refractivity contribution is 7.89. The molecule has 0 radical (unpaired) electrons. The SMILES string of the molecule is COCCCNS(=O)(=O)c1ccc(-c2ccc(C=O)o2)cc1. The molecule has 0 aliphatic heterocycles. The van der Waals surface area contributed by atoms with Crippen molar-refractivity contribution in [3.63, 3.8) is 0 Å². The number of carbonyl (C=O) groups is 1. The van der Waals surface area contributed by atoms with Crippen LogP contribution in [0.1, 0.15) is 17.0 Å². The lowest BCUT2D eigenvalue weighted by Crippen LogP contribution is -2.25. The summed E-state index contributed by atoms with van der Waals surface area (Å²) >= 11 is 0. The number of hydrogen-bond donors (Lipinski definition) is 1. The van der Waals surface area contributed by atoms with Gasteiger partial charge in [0, 0.05) is 25.8 Å².